The highest BCUT2D eigenvalue weighted by Crippen LogP contribution is 2.53. The lowest BCUT2D eigenvalue weighted by molar-refractivity contribution is -0.145. The first kappa shape index (κ1) is 20.4. The molecule has 0 amide bonds. The lowest BCUT2D eigenvalue weighted by Gasteiger charge is -2.46. The summed E-state index contributed by atoms with van der Waals surface area (Å²) < 4.78 is 5.83. The van der Waals surface area contributed by atoms with Crippen molar-refractivity contribution in [2.45, 2.75) is 51.7 Å². The molecule has 1 aliphatic heterocycles. The van der Waals surface area contributed by atoms with E-state index in [1.165, 1.54) is 24.8 Å². The number of hydrogen-bond acceptors (Lipinski definition) is 5. The van der Waals surface area contributed by atoms with Crippen molar-refractivity contribution < 1.29 is 19.7 Å². The van der Waals surface area contributed by atoms with E-state index in [1.807, 2.05) is 11.9 Å². The number of hydrogen-bond donors (Lipinski definition) is 2. The van der Waals surface area contributed by atoms with Crippen LogP contribution in [0.2, 0.25) is 0 Å². The molecule has 1 saturated heterocycles. The Balaban J connectivity index is 1.45. The fourth-order valence-corrected chi connectivity index (χ4v) is 5.77. The van der Waals surface area contributed by atoms with Crippen LogP contribution in [0.3, 0.4) is 0 Å². The van der Waals surface area contributed by atoms with Gasteiger partial charge >= 0.3 is 5.97 Å². The van der Waals surface area contributed by atoms with Gasteiger partial charge in [-0.3, -0.25) is 4.79 Å². The molecule has 1 aromatic rings. The maximum Gasteiger partial charge on any atom is 0.311 e. The highest BCUT2D eigenvalue weighted by molar-refractivity contribution is 5.76. The van der Waals surface area contributed by atoms with Gasteiger partial charge in [0.2, 0.25) is 0 Å². The average molecular weight is 400 g/mol. The number of rotatable bonds is 5. The van der Waals surface area contributed by atoms with Gasteiger partial charge in [0.1, 0.15) is 11.9 Å². The predicted octanol–water partition coefficient (Wildman–Crippen LogP) is 3.67. The van der Waals surface area contributed by atoms with Gasteiger partial charge in [-0.15, -0.1) is 0 Å². The maximum absolute atomic E-state index is 12.7. The normalized spacial score (nSPS) is 34.9. The van der Waals surface area contributed by atoms with Crippen molar-refractivity contribution >= 4 is 5.97 Å². The molecule has 4 rings (SSSR count). The Labute approximate surface area is 173 Å². The second-order valence-corrected chi connectivity index (χ2v) is 9.67. The molecular formula is C24H33NO4. The molecule has 5 nitrogen and oxygen atoms in total. The van der Waals surface area contributed by atoms with Gasteiger partial charge in [-0.05, 0) is 55.3 Å². The quantitative estimate of drug-likeness (QED) is 0.584. The third kappa shape index (κ3) is 3.95. The van der Waals surface area contributed by atoms with Gasteiger partial charge in [-0.25, -0.2) is 0 Å². The number of likely N-dealkylation sites (N-methyl/N-ethyl adjacent to an activating group) is 1. The van der Waals surface area contributed by atoms with Crippen LogP contribution in [0.15, 0.2) is 35.9 Å². The second kappa shape index (κ2) is 7.77. The number of allylic oxidation sites excluding steroid dienone is 1. The summed E-state index contributed by atoms with van der Waals surface area (Å²) >= 11 is 0. The smallest absolute Gasteiger partial charge is 0.311 e. The van der Waals surface area contributed by atoms with E-state index >= 15 is 0 Å². The summed E-state index contributed by atoms with van der Waals surface area (Å²) in [7, 11) is 1.94. The molecule has 0 unspecified atom stereocenters. The molecular weight excluding hydrogens is 366 g/mol. The molecule has 1 aromatic carbocycles. The molecule has 1 saturated carbocycles. The van der Waals surface area contributed by atoms with Gasteiger partial charge < -0.3 is 19.8 Å². The van der Waals surface area contributed by atoms with Crippen LogP contribution in [0.5, 0.6) is 5.75 Å². The minimum Gasteiger partial charge on any atom is -0.508 e. The Morgan fingerprint density at radius 2 is 2.03 bits per heavy atom. The van der Waals surface area contributed by atoms with Crippen LogP contribution in [-0.4, -0.2) is 47.3 Å². The van der Waals surface area contributed by atoms with Crippen LogP contribution >= 0.6 is 0 Å². The Morgan fingerprint density at radius 3 is 2.76 bits per heavy atom. The average Bonchev–Trinajstić information content (AvgIpc) is 2.94. The first-order chi connectivity index (χ1) is 13.8. The number of ether oxygens (including phenoxy) is 1. The molecule has 0 aromatic heterocycles. The fourth-order valence-electron chi connectivity index (χ4n) is 5.77. The first-order valence-electron chi connectivity index (χ1n) is 10.8. The van der Waals surface area contributed by atoms with E-state index in [1.54, 1.807) is 24.3 Å². The van der Waals surface area contributed by atoms with E-state index in [0.717, 1.165) is 12.0 Å². The van der Waals surface area contributed by atoms with Gasteiger partial charge in [-0.2, -0.15) is 0 Å². The van der Waals surface area contributed by atoms with Crippen molar-refractivity contribution in [1.82, 2.24) is 4.90 Å². The largest absolute Gasteiger partial charge is 0.508 e. The minimum absolute atomic E-state index is 0.0121. The predicted molar refractivity (Wildman–Crippen MR) is 111 cm³/mol. The summed E-state index contributed by atoms with van der Waals surface area (Å²) in [4.78, 5) is 14.7. The summed E-state index contributed by atoms with van der Waals surface area (Å²) in [6.07, 6.45) is 6.31. The number of carbonyl (C=O) groups is 1. The van der Waals surface area contributed by atoms with E-state index in [0.29, 0.717) is 19.0 Å². The van der Waals surface area contributed by atoms with Crippen LogP contribution in [0.4, 0.5) is 0 Å². The summed E-state index contributed by atoms with van der Waals surface area (Å²) in [6, 6.07) is 6.61. The van der Waals surface area contributed by atoms with E-state index in [2.05, 4.69) is 19.9 Å². The molecule has 0 radical (unpaired) electrons. The highest BCUT2D eigenvalue weighted by Gasteiger charge is 2.51. The zero-order valence-electron chi connectivity index (χ0n) is 17.7. The van der Waals surface area contributed by atoms with Gasteiger partial charge in [0.15, 0.2) is 0 Å². The number of phenols is 1. The van der Waals surface area contributed by atoms with E-state index in [9.17, 15) is 15.0 Å². The Bertz CT molecular complexity index is 789. The lowest BCUT2D eigenvalue weighted by Crippen LogP contribution is -2.40. The zero-order valence-corrected chi connectivity index (χ0v) is 17.7. The number of aliphatic hydroxyl groups excluding tert-OH is 1. The van der Waals surface area contributed by atoms with E-state index in [-0.39, 0.29) is 35.1 Å². The van der Waals surface area contributed by atoms with Crippen molar-refractivity contribution in [3.8, 4) is 5.75 Å². The summed E-state index contributed by atoms with van der Waals surface area (Å²) in [5.41, 5.74) is 2.46. The monoisotopic (exact) mass is 399 g/mol. The van der Waals surface area contributed by atoms with Crippen LogP contribution < -0.4 is 0 Å². The van der Waals surface area contributed by atoms with Crippen molar-refractivity contribution in [2.75, 3.05) is 20.1 Å². The number of phenolic OH excluding ortho intramolecular Hbond substituents is 1. The molecule has 0 spiro atoms. The summed E-state index contributed by atoms with van der Waals surface area (Å²) in [6.45, 7) is 5.66. The number of esters is 1. The van der Waals surface area contributed by atoms with Crippen molar-refractivity contribution in [2.24, 2.45) is 23.2 Å². The third-order valence-corrected chi connectivity index (χ3v) is 7.35. The Hall–Kier alpha value is -1.85. The molecule has 2 N–H and O–H groups in total. The van der Waals surface area contributed by atoms with Crippen molar-refractivity contribution in [3.05, 3.63) is 41.5 Å². The highest BCUT2D eigenvalue weighted by atomic mass is 16.6. The molecule has 1 heterocycles. The van der Waals surface area contributed by atoms with Crippen LogP contribution in [0.1, 0.15) is 51.2 Å². The molecule has 2 aliphatic carbocycles. The number of nitrogens with zero attached hydrogens (tertiary/aromatic N) is 1. The molecule has 6 atom stereocenters. The lowest BCUT2D eigenvalue weighted by atomic mass is 9.59. The molecule has 29 heavy (non-hydrogen) atoms. The second-order valence-electron chi connectivity index (χ2n) is 9.67. The standard InChI is InChI=1S/C24H33NO4/c1-15-5-4-10-24(2)12-22-18(11-20(15)24)19(23(28)29-22)13-25(3)14-21(27)16-6-8-17(26)9-7-16/h6-9,11,15,18-19,21-22,26-27H,4-5,10,12-14H2,1-3H3/t15-,18+,19+,21-,22+,24+/m0/s1. The topological polar surface area (TPSA) is 70.0 Å². The third-order valence-electron chi connectivity index (χ3n) is 7.35. The summed E-state index contributed by atoms with van der Waals surface area (Å²) in [5, 5.41) is 19.9. The SMILES string of the molecule is C[C@H]1CCC[C@]2(C)C[C@H]3OC(=O)[C@H](CN(C)C[C@H](O)c4ccc(O)cc4)[C@H]3C=C12. The van der Waals surface area contributed by atoms with E-state index in [4.69, 9.17) is 4.74 Å². The van der Waals surface area contributed by atoms with Gasteiger partial charge in [-0.1, -0.05) is 44.1 Å². The van der Waals surface area contributed by atoms with Crippen LogP contribution in [-0.2, 0) is 9.53 Å². The van der Waals surface area contributed by atoms with Crippen molar-refractivity contribution in [3.63, 3.8) is 0 Å². The number of carbonyl (C=O) groups excluding carboxylic acids is 1. The van der Waals surface area contributed by atoms with E-state index < -0.39 is 6.10 Å². The Morgan fingerprint density at radius 1 is 1.31 bits per heavy atom. The molecule has 2 fully saturated rings. The van der Waals surface area contributed by atoms with Crippen molar-refractivity contribution in [1.29, 1.82) is 0 Å². The maximum atomic E-state index is 12.7. The number of aliphatic hydroxyl groups is 1. The zero-order chi connectivity index (χ0) is 20.8. The molecule has 0 bridgehead atoms. The molecule has 5 heteroatoms. The minimum atomic E-state index is -0.666. The Kier molecular flexibility index (Phi) is 5.47. The summed E-state index contributed by atoms with van der Waals surface area (Å²) in [5.74, 6) is 0.628. The molecule has 3 aliphatic rings. The fraction of sp³-hybridized carbons (Fsp3) is 0.625. The number of aromatic hydroxyl groups is 1. The van der Waals surface area contributed by atoms with Gasteiger partial charge in [0, 0.05) is 19.0 Å². The van der Waals surface area contributed by atoms with Crippen LogP contribution in [0, 0.1) is 23.2 Å². The molecule has 158 valence electrons. The van der Waals surface area contributed by atoms with Gasteiger partial charge in [0.25, 0.3) is 0 Å². The number of benzene rings is 1. The number of fused-ring (bicyclic) bond motifs is 2. The first-order valence-corrected chi connectivity index (χ1v) is 10.8. The van der Waals surface area contributed by atoms with Crippen LogP contribution in [0.25, 0.3) is 0 Å². The van der Waals surface area contributed by atoms with Gasteiger partial charge in [0.05, 0.1) is 12.0 Å².